The predicted octanol–water partition coefficient (Wildman–Crippen LogP) is 3.58. The molecule has 0 saturated heterocycles. The van der Waals surface area contributed by atoms with Gasteiger partial charge >= 0.3 is 0 Å². The second-order valence-corrected chi connectivity index (χ2v) is 7.88. The van der Waals surface area contributed by atoms with Gasteiger partial charge in [-0.15, -0.1) is 11.8 Å². The predicted molar refractivity (Wildman–Crippen MR) is 106 cm³/mol. The molecule has 138 valence electrons. The fraction of sp³-hybridized carbons (Fsp3) is 0.300. The van der Waals surface area contributed by atoms with Gasteiger partial charge in [-0.1, -0.05) is 45.0 Å². The standard InChI is InChI=1S/C20H24N2O3S/c1-20(2,3)14-8-10-15(11-9-14)25-12-19(24)22-16-6-4-5-7-17(16)26-13-18(21)23/h4-11H,12-13H2,1-3H3,(H2,21,23)(H,22,24). The number of carbonyl (C=O) groups excluding carboxylic acids is 2. The number of amides is 2. The summed E-state index contributed by atoms with van der Waals surface area (Å²) >= 11 is 1.29. The van der Waals surface area contributed by atoms with Crippen molar-refractivity contribution < 1.29 is 14.3 Å². The Morgan fingerprint density at radius 1 is 1.08 bits per heavy atom. The van der Waals surface area contributed by atoms with E-state index in [9.17, 15) is 9.59 Å². The van der Waals surface area contributed by atoms with Crippen LogP contribution in [0.4, 0.5) is 5.69 Å². The third-order valence-corrected chi connectivity index (χ3v) is 4.72. The third kappa shape index (κ3) is 6.11. The number of ether oxygens (including phenoxy) is 1. The smallest absolute Gasteiger partial charge is 0.262 e. The van der Waals surface area contributed by atoms with Crippen LogP contribution in [0.3, 0.4) is 0 Å². The van der Waals surface area contributed by atoms with Gasteiger partial charge in [0.15, 0.2) is 6.61 Å². The molecule has 0 heterocycles. The number of carbonyl (C=O) groups is 2. The van der Waals surface area contributed by atoms with Crippen LogP contribution in [0.1, 0.15) is 26.3 Å². The fourth-order valence-corrected chi connectivity index (χ4v) is 2.98. The van der Waals surface area contributed by atoms with Crippen LogP contribution in [0, 0.1) is 0 Å². The average molecular weight is 372 g/mol. The van der Waals surface area contributed by atoms with E-state index in [1.165, 1.54) is 17.3 Å². The minimum absolute atomic E-state index is 0.0716. The Labute approximate surface area is 158 Å². The van der Waals surface area contributed by atoms with Crippen molar-refractivity contribution in [2.24, 2.45) is 5.73 Å². The zero-order valence-corrected chi connectivity index (χ0v) is 16.1. The maximum Gasteiger partial charge on any atom is 0.262 e. The number of rotatable bonds is 7. The van der Waals surface area contributed by atoms with Gasteiger partial charge in [-0.05, 0) is 35.2 Å². The van der Waals surface area contributed by atoms with E-state index in [4.69, 9.17) is 10.5 Å². The first-order chi connectivity index (χ1) is 12.3. The van der Waals surface area contributed by atoms with E-state index < -0.39 is 5.91 Å². The lowest BCUT2D eigenvalue weighted by Crippen LogP contribution is -2.20. The summed E-state index contributed by atoms with van der Waals surface area (Å²) in [5, 5.41) is 2.80. The van der Waals surface area contributed by atoms with Crippen molar-refractivity contribution in [3.63, 3.8) is 0 Å². The first-order valence-corrected chi connectivity index (χ1v) is 9.27. The first kappa shape index (κ1) is 19.8. The highest BCUT2D eigenvalue weighted by Crippen LogP contribution is 2.27. The molecule has 3 N–H and O–H groups in total. The molecule has 6 heteroatoms. The van der Waals surface area contributed by atoms with Gasteiger partial charge in [-0.2, -0.15) is 0 Å². The molecule has 0 aromatic heterocycles. The molecule has 0 fully saturated rings. The summed E-state index contributed by atoms with van der Waals surface area (Å²) < 4.78 is 5.55. The van der Waals surface area contributed by atoms with Crippen LogP contribution < -0.4 is 15.8 Å². The molecule has 0 spiro atoms. The Balaban J connectivity index is 1.92. The second-order valence-electron chi connectivity index (χ2n) is 6.86. The molecule has 0 bridgehead atoms. The Kier molecular flexibility index (Phi) is 6.69. The minimum atomic E-state index is -0.404. The van der Waals surface area contributed by atoms with Crippen molar-refractivity contribution in [1.82, 2.24) is 0 Å². The van der Waals surface area contributed by atoms with Gasteiger partial charge in [-0.3, -0.25) is 9.59 Å². The van der Waals surface area contributed by atoms with Gasteiger partial charge in [0, 0.05) is 4.90 Å². The highest BCUT2D eigenvalue weighted by atomic mass is 32.2. The monoisotopic (exact) mass is 372 g/mol. The molecular weight excluding hydrogens is 348 g/mol. The number of benzene rings is 2. The highest BCUT2D eigenvalue weighted by molar-refractivity contribution is 8.00. The average Bonchev–Trinajstić information content (AvgIpc) is 2.59. The normalized spacial score (nSPS) is 11.0. The topological polar surface area (TPSA) is 81.4 Å². The number of primary amides is 1. The fourth-order valence-electron chi connectivity index (χ4n) is 2.23. The maximum atomic E-state index is 12.2. The summed E-state index contributed by atoms with van der Waals surface area (Å²) in [5.41, 5.74) is 7.08. The summed E-state index contributed by atoms with van der Waals surface area (Å²) in [6.45, 7) is 6.34. The van der Waals surface area contributed by atoms with Crippen molar-refractivity contribution in [2.45, 2.75) is 31.1 Å². The zero-order valence-electron chi connectivity index (χ0n) is 15.2. The Morgan fingerprint density at radius 3 is 2.35 bits per heavy atom. The molecule has 0 atom stereocenters. The number of nitrogens with two attached hydrogens (primary N) is 1. The van der Waals surface area contributed by atoms with Crippen LogP contribution in [0.5, 0.6) is 5.75 Å². The lowest BCUT2D eigenvalue weighted by Gasteiger charge is -2.19. The molecule has 0 aliphatic heterocycles. The lowest BCUT2D eigenvalue weighted by molar-refractivity contribution is -0.118. The molecule has 2 amide bonds. The Bertz CT molecular complexity index is 767. The lowest BCUT2D eigenvalue weighted by atomic mass is 9.87. The van der Waals surface area contributed by atoms with Crippen molar-refractivity contribution in [2.75, 3.05) is 17.7 Å². The summed E-state index contributed by atoms with van der Waals surface area (Å²) in [6, 6.07) is 15.0. The van der Waals surface area contributed by atoms with E-state index in [1.807, 2.05) is 42.5 Å². The molecule has 0 aliphatic rings. The molecule has 0 saturated carbocycles. The molecule has 0 radical (unpaired) electrons. The quantitative estimate of drug-likeness (QED) is 0.728. The second kappa shape index (κ2) is 8.76. The minimum Gasteiger partial charge on any atom is -0.484 e. The zero-order chi connectivity index (χ0) is 19.2. The van der Waals surface area contributed by atoms with Crippen molar-refractivity contribution >= 4 is 29.3 Å². The summed E-state index contributed by atoms with van der Waals surface area (Å²) in [7, 11) is 0. The number of para-hydroxylation sites is 1. The van der Waals surface area contributed by atoms with E-state index in [-0.39, 0.29) is 23.7 Å². The maximum absolute atomic E-state index is 12.2. The number of hydrogen-bond acceptors (Lipinski definition) is 4. The molecule has 2 rings (SSSR count). The molecular formula is C20H24N2O3S. The van der Waals surface area contributed by atoms with E-state index in [2.05, 4.69) is 26.1 Å². The van der Waals surface area contributed by atoms with Crippen molar-refractivity contribution in [1.29, 1.82) is 0 Å². The van der Waals surface area contributed by atoms with Crippen LogP contribution in [0.25, 0.3) is 0 Å². The summed E-state index contributed by atoms with van der Waals surface area (Å²) in [4.78, 5) is 23.9. The van der Waals surface area contributed by atoms with Crippen molar-refractivity contribution in [3.05, 3.63) is 54.1 Å². The van der Waals surface area contributed by atoms with Gasteiger partial charge < -0.3 is 15.8 Å². The molecule has 0 unspecified atom stereocenters. The van der Waals surface area contributed by atoms with Crippen LogP contribution in [0.15, 0.2) is 53.4 Å². The Morgan fingerprint density at radius 2 is 1.73 bits per heavy atom. The molecule has 5 nitrogen and oxygen atoms in total. The highest BCUT2D eigenvalue weighted by Gasteiger charge is 2.13. The van der Waals surface area contributed by atoms with E-state index in [1.54, 1.807) is 6.07 Å². The van der Waals surface area contributed by atoms with Gasteiger partial charge in [0.05, 0.1) is 11.4 Å². The largest absolute Gasteiger partial charge is 0.484 e. The molecule has 2 aromatic rings. The van der Waals surface area contributed by atoms with Crippen LogP contribution in [-0.4, -0.2) is 24.2 Å². The number of anilines is 1. The van der Waals surface area contributed by atoms with E-state index in [0.717, 1.165) is 4.90 Å². The number of thioether (sulfide) groups is 1. The Hall–Kier alpha value is -2.47. The number of nitrogens with one attached hydrogen (secondary N) is 1. The van der Waals surface area contributed by atoms with E-state index >= 15 is 0 Å². The SMILES string of the molecule is CC(C)(C)c1ccc(OCC(=O)Nc2ccccc2SCC(N)=O)cc1. The van der Waals surface area contributed by atoms with Gasteiger partial charge in [0.1, 0.15) is 5.75 Å². The van der Waals surface area contributed by atoms with Crippen LogP contribution in [0.2, 0.25) is 0 Å². The van der Waals surface area contributed by atoms with Gasteiger partial charge in [-0.25, -0.2) is 0 Å². The van der Waals surface area contributed by atoms with Gasteiger partial charge in [0.2, 0.25) is 5.91 Å². The molecule has 0 aliphatic carbocycles. The summed E-state index contributed by atoms with van der Waals surface area (Å²) in [6.07, 6.45) is 0. The van der Waals surface area contributed by atoms with Crippen LogP contribution >= 0.6 is 11.8 Å². The van der Waals surface area contributed by atoms with Gasteiger partial charge in [0.25, 0.3) is 5.91 Å². The van der Waals surface area contributed by atoms with Crippen molar-refractivity contribution in [3.8, 4) is 5.75 Å². The first-order valence-electron chi connectivity index (χ1n) is 8.29. The van der Waals surface area contributed by atoms with Crippen LogP contribution in [-0.2, 0) is 15.0 Å². The number of hydrogen-bond donors (Lipinski definition) is 2. The molecule has 2 aromatic carbocycles. The van der Waals surface area contributed by atoms with E-state index in [0.29, 0.717) is 11.4 Å². The molecule has 26 heavy (non-hydrogen) atoms. The third-order valence-electron chi connectivity index (χ3n) is 3.62. The summed E-state index contributed by atoms with van der Waals surface area (Å²) in [5.74, 6) is 0.128.